The molecule has 0 aliphatic carbocycles. The summed E-state index contributed by atoms with van der Waals surface area (Å²) in [5, 5.41) is 3.76. The van der Waals surface area contributed by atoms with Crippen molar-refractivity contribution in [2.24, 2.45) is 0 Å². The smallest absolute Gasteiger partial charge is 0.356 e. The van der Waals surface area contributed by atoms with E-state index >= 15 is 0 Å². The third kappa shape index (κ3) is 4.32. The molecule has 4 rings (SSSR count). The lowest BCUT2D eigenvalue weighted by molar-refractivity contribution is -0.151. The minimum absolute atomic E-state index is 0.0558. The van der Waals surface area contributed by atoms with Crippen molar-refractivity contribution in [2.45, 2.75) is 19.5 Å². The molecule has 2 amide bonds. The number of amides is 2. The molecule has 12 nitrogen and oxygen atoms in total. The lowest BCUT2D eigenvalue weighted by atomic mass is 10.1. The zero-order chi connectivity index (χ0) is 26.0. The minimum atomic E-state index is -1.45. The number of fused-ring (bicyclic) bond motifs is 3. The molecule has 1 aromatic carbocycles. The number of benzene rings is 1. The minimum Gasteiger partial charge on any atom is -0.468 e. The third-order valence-corrected chi connectivity index (χ3v) is 5.84. The first-order chi connectivity index (χ1) is 17.3. The Hall–Kier alpha value is -4.48. The van der Waals surface area contributed by atoms with E-state index in [-0.39, 0.29) is 24.5 Å². The fourth-order valence-corrected chi connectivity index (χ4v) is 4.30. The van der Waals surface area contributed by atoms with E-state index in [2.05, 4.69) is 10.3 Å². The van der Waals surface area contributed by atoms with Crippen molar-refractivity contribution < 1.29 is 38.2 Å². The molecule has 1 unspecified atom stereocenters. The van der Waals surface area contributed by atoms with Gasteiger partial charge in [0.25, 0.3) is 0 Å². The average molecular weight is 496 g/mol. The number of nitrogens with zero attached hydrogens (tertiary/aromatic N) is 3. The van der Waals surface area contributed by atoms with Gasteiger partial charge in [0, 0.05) is 16.3 Å². The van der Waals surface area contributed by atoms with Gasteiger partial charge in [-0.3, -0.25) is 19.2 Å². The van der Waals surface area contributed by atoms with Crippen LogP contribution in [0.3, 0.4) is 0 Å². The van der Waals surface area contributed by atoms with Crippen molar-refractivity contribution in [3.05, 3.63) is 41.7 Å². The van der Waals surface area contributed by atoms with Crippen molar-refractivity contribution in [3.63, 3.8) is 0 Å². The van der Waals surface area contributed by atoms with Crippen LogP contribution in [-0.4, -0.2) is 78.1 Å². The molecule has 0 fully saturated rings. The number of hydrogen-bond acceptors (Lipinski definition) is 9. The quantitative estimate of drug-likeness (QED) is 0.369. The van der Waals surface area contributed by atoms with Gasteiger partial charge in [0.1, 0.15) is 25.3 Å². The highest BCUT2D eigenvalue weighted by Gasteiger charge is 2.40. The largest absolute Gasteiger partial charge is 0.468 e. The van der Waals surface area contributed by atoms with Crippen LogP contribution in [0.1, 0.15) is 29.1 Å². The summed E-state index contributed by atoms with van der Waals surface area (Å²) >= 11 is 0. The molecule has 0 saturated carbocycles. The number of pyridine rings is 1. The summed E-state index contributed by atoms with van der Waals surface area (Å²) in [5.41, 5.74) is 1.09. The summed E-state index contributed by atoms with van der Waals surface area (Å²) in [5.74, 6) is -3.53. The number of carbonyl (C=O) groups excluding carboxylic acids is 5. The summed E-state index contributed by atoms with van der Waals surface area (Å²) in [6, 6.07) is 7.32. The van der Waals surface area contributed by atoms with E-state index < -0.39 is 48.9 Å². The molecule has 0 spiro atoms. The molecule has 1 aliphatic rings. The number of ether oxygens (including phenoxy) is 3. The molecule has 12 heteroatoms. The second kappa shape index (κ2) is 10.0. The van der Waals surface area contributed by atoms with Gasteiger partial charge in [-0.2, -0.15) is 0 Å². The molecule has 2 aromatic heterocycles. The van der Waals surface area contributed by atoms with Gasteiger partial charge in [0.15, 0.2) is 6.04 Å². The Morgan fingerprint density at radius 2 is 1.83 bits per heavy atom. The van der Waals surface area contributed by atoms with Crippen LogP contribution in [0.4, 0.5) is 0 Å². The van der Waals surface area contributed by atoms with E-state index in [0.717, 1.165) is 17.4 Å². The zero-order valence-corrected chi connectivity index (χ0v) is 19.9. The number of para-hydroxylation sites is 1. The van der Waals surface area contributed by atoms with E-state index in [1.807, 2.05) is 12.1 Å². The van der Waals surface area contributed by atoms with Crippen molar-refractivity contribution in [1.29, 1.82) is 0 Å². The third-order valence-electron chi connectivity index (χ3n) is 5.84. The molecule has 1 N–H and O–H groups in total. The van der Waals surface area contributed by atoms with Gasteiger partial charge in [0.2, 0.25) is 11.8 Å². The molecule has 0 bridgehead atoms. The van der Waals surface area contributed by atoms with Crippen molar-refractivity contribution in [3.8, 4) is 0 Å². The fraction of sp³-hybridized carbons (Fsp3) is 0.333. The van der Waals surface area contributed by atoms with Crippen molar-refractivity contribution >= 4 is 51.5 Å². The number of esters is 3. The Labute approximate surface area is 205 Å². The Bertz CT molecular complexity index is 1400. The molecule has 0 saturated heterocycles. The normalized spacial score (nSPS) is 14.9. The lowest BCUT2D eigenvalue weighted by Gasteiger charge is -2.28. The predicted molar refractivity (Wildman–Crippen MR) is 125 cm³/mol. The second-order valence-electron chi connectivity index (χ2n) is 7.91. The van der Waals surface area contributed by atoms with Crippen LogP contribution in [0.2, 0.25) is 0 Å². The summed E-state index contributed by atoms with van der Waals surface area (Å²) in [6.07, 6.45) is 0. The summed E-state index contributed by atoms with van der Waals surface area (Å²) < 4.78 is 16.2. The lowest BCUT2D eigenvalue weighted by Crippen LogP contribution is -2.47. The maximum absolute atomic E-state index is 13.5. The monoisotopic (exact) mass is 496 g/mol. The van der Waals surface area contributed by atoms with Gasteiger partial charge in [0.05, 0.1) is 32.0 Å². The first kappa shape index (κ1) is 24.6. The zero-order valence-electron chi connectivity index (χ0n) is 19.9. The van der Waals surface area contributed by atoms with E-state index in [0.29, 0.717) is 16.4 Å². The van der Waals surface area contributed by atoms with Gasteiger partial charge in [-0.25, -0.2) is 9.78 Å². The van der Waals surface area contributed by atoms with Crippen LogP contribution in [0.25, 0.3) is 21.8 Å². The van der Waals surface area contributed by atoms with Crippen LogP contribution in [0.5, 0.6) is 0 Å². The maximum Gasteiger partial charge on any atom is 0.356 e. The van der Waals surface area contributed by atoms with E-state index in [4.69, 9.17) is 14.2 Å². The Kier molecular flexibility index (Phi) is 6.86. The van der Waals surface area contributed by atoms with E-state index in [1.165, 1.54) is 13.2 Å². The average Bonchev–Trinajstić information content (AvgIpc) is 3.13. The molecule has 188 valence electrons. The molecule has 3 aromatic rings. The molecule has 36 heavy (non-hydrogen) atoms. The highest BCUT2D eigenvalue weighted by Crippen LogP contribution is 2.37. The summed E-state index contributed by atoms with van der Waals surface area (Å²) in [4.78, 5) is 69.0. The number of nitrogens with one attached hydrogen (secondary N) is 1. The van der Waals surface area contributed by atoms with E-state index in [1.54, 1.807) is 23.6 Å². The number of carbonyl (C=O) groups is 5. The Morgan fingerprint density at radius 1 is 1.08 bits per heavy atom. The summed E-state index contributed by atoms with van der Waals surface area (Å²) in [6.45, 7) is 0.524. The SMILES string of the molecule is CCOC(=O)CNC(=O)C1c2nc(C(=O)OC)cc3c4ccccc4n(c23)CC(=O)N1CC(=O)OC. The number of methoxy groups -OCH3 is 2. The van der Waals surface area contributed by atoms with Crippen LogP contribution in [0, 0.1) is 0 Å². The standard InChI is InChI=1S/C24H24N4O8/c1-4-36-18(30)10-25-23(32)22-20-21-14(9-15(26-20)24(33)35-3)13-7-5-6-8-16(13)27(21)11-17(29)28(22)12-19(31)34-2/h5-9,22H,4,10-12H2,1-3H3,(H,25,32). The van der Waals surface area contributed by atoms with Gasteiger partial charge in [-0.1, -0.05) is 18.2 Å². The molecule has 0 radical (unpaired) electrons. The van der Waals surface area contributed by atoms with Crippen LogP contribution in [-0.2, 0) is 39.9 Å². The van der Waals surface area contributed by atoms with E-state index in [9.17, 15) is 24.0 Å². The number of rotatable bonds is 7. The Morgan fingerprint density at radius 3 is 2.53 bits per heavy atom. The van der Waals surface area contributed by atoms with Gasteiger partial charge < -0.3 is 29.0 Å². The fourth-order valence-electron chi connectivity index (χ4n) is 4.30. The predicted octanol–water partition coefficient (Wildman–Crippen LogP) is 0.712. The molecular weight excluding hydrogens is 472 g/mol. The topological polar surface area (TPSA) is 146 Å². The van der Waals surface area contributed by atoms with Gasteiger partial charge in [-0.15, -0.1) is 0 Å². The molecule has 1 atom stereocenters. The highest BCUT2D eigenvalue weighted by molar-refractivity contribution is 6.12. The second-order valence-corrected chi connectivity index (χ2v) is 7.91. The van der Waals surface area contributed by atoms with Gasteiger partial charge >= 0.3 is 17.9 Å². The first-order valence-electron chi connectivity index (χ1n) is 11.1. The first-order valence-corrected chi connectivity index (χ1v) is 11.1. The van der Waals surface area contributed by atoms with Crippen LogP contribution < -0.4 is 5.32 Å². The van der Waals surface area contributed by atoms with Crippen molar-refractivity contribution in [2.75, 3.05) is 33.9 Å². The molecule has 3 heterocycles. The van der Waals surface area contributed by atoms with Crippen molar-refractivity contribution in [1.82, 2.24) is 19.8 Å². The van der Waals surface area contributed by atoms with Gasteiger partial charge in [-0.05, 0) is 19.1 Å². The number of aromatic nitrogens is 2. The van der Waals surface area contributed by atoms with Crippen LogP contribution >= 0.6 is 0 Å². The maximum atomic E-state index is 13.5. The Balaban J connectivity index is 1.97. The molecular formula is C24H24N4O8. The van der Waals surface area contributed by atoms with Crippen LogP contribution in [0.15, 0.2) is 30.3 Å². The number of hydrogen-bond donors (Lipinski definition) is 1. The summed E-state index contributed by atoms with van der Waals surface area (Å²) in [7, 11) is 2.36. The highest BCUT2D eigenvalue weighted by atomic mass is 16.5. The molecule has 1 aliphatic heterocycles.